The van der Waals surface area contributed by atoms with E-state index in [-0.39, 0.29) is 26.4 Å². The van der Waals surface area contributed by atoms with Gasteiger partial charge < -0.3 is 37.6 Å². The summed E-state index contributed by atoms with van der Waals surface area (Å²) in [6, 6.07) is 0. The van der Waals surface area contributed by atoms with Gasteiger partial charge in [0.2, 0.25) is 0 Å². The summed E-state index contributed by atoms with van der Waals surface area (Å²) in [4.78, 5) is 50.8. The van der Waals surface area contributed by atoms with Gasteiger partial charge in [-0.3, -0.25) is 0 Å². The number of ether oxygens (including phenoxy) is 4. The third-order valence-electron chi connectivity index (χ3n) is 5.79. The van der Waals surface area contributed by atoms with Gasteiger partial charge in [0.05, 0.1) is 26.4 Å². The molecule has 2 fully saturated rings. The van der Waals surface area contributed by atoms with Crippen molar-refractivity contribution in [3.63, 3.8) is 0 Å². The second-order valence-electron chi connectivity index (χ2n) is 9.05. The van der Waals surface area contributed by atoms with Crippen molar-refractivity contribution in [1.82, 2.24) is 0 Å². The molecular weight excluding hydrogens is 502 g/mol. The summed E-state index contributed by atoms with van der Waals surface area (Å²) in [7, 11) is -2.86. The SMILES string of the molecule is CCCCOC(=O)C1OB(B2OC(C(=O)OCCCC)[C@H](C(=O)OCCCC)O2)O[C@H]1C(=O)OCCCC. The maximum Gasteiger partial charge on any atom is 0.489 e. The largest absolute Gasteiger partial charge is 0.489 e. The lowest BCUT2D eigenvalue weighted by Crippen LogP contribution is -2.41. The van der Waals surface area contributed by atoms with Crippen LogP contribution < -0.4 is 0 Å². The van der Waals surface area contributed by atoms with E-state index in [1.165, 1.54) is 0 Å². The molecule has 2 saturated heterocycles. The summed E-state index contributed by atoms with van der Waals surface area (Å²) in [5.41, 5.74) is 0. The van der Waals surface area contributed by atoms with Gasteiger partial charge in [-0.2, -0.15) is 0 Å². The van der Waals surface area contributed by atoms with Crippen LogP contribution in [0.2, 0.25) is 0 Å². The Morgan fingerprint density at radius 2 is 0.684 bits per heavy atom. The Balaban J connectivity index is 2.15. The number of carbonyl (C=O) groups excluding carboxylic acids is 4. The fourth-order valence-corrected chi connectivity index (χ4v) is 3.50. The standard InChI is InChI=1S/C24H40B2O12/c1-5-9-13-31-21(27)17-18(22(28)32-14-10-6-2)36-25(35-17)26-37-19(23(29)33-15-11-7-3)20(38-26)24(30)34-16-12-8-4/h17-20H,5-16H2,1-4H3/t17-,18?,19-,20?/m1/s1. The van der Waals surface area contributed by atoms with Gasteiger partial charge >= 0.3 is 37.9 Å². The normalized spacial score (nSPS) is 22.8. The van der Waals surface area contributed by atoms with Crippen LogP contribution in [0.4, 0.5) is 0 Å². The summed E-state index contributed by atoms with van der Waals surface area (Å²) < 4.78 is 43.6. The first-order valence-electron chi connectivity index (χ1n) is 13.7. The molecule has 0 bridgehead atoms. The van der Waals surface area contributed by atoms with Crippen molar-refractivity contribution >= 4 is 37.9 Å². The average Bonchev–Trinajstić information content (AvgIpc) is 3.55. The average molecular weight is 542 g/mol. The van der Waals surface area contributed by atoms with E-state index >= 15 is 0 Å². The highest BCUT2D eigenvalue weighted by Gasteiger charge is 2.61. The molecule has 0 aromatic heterocycles. The molecule has 2 unspecified atom stereocenters. The van der Waals surface area contributed by atoms with Gasteiger partial charge in [0.1, 0.15) is 0 Å². The van der Waals surface area contributed by atoms with Gasteiger partial charge in [0, 0.05) is 0 Å². The van der Waals surface area contributed by atoms with Crippen LogP contribution in [0.3, 0.4) is 0 Å². The lowest BCUT2D eigenvalue weighted by atomic mass is 9.49. The van der Waals surface area contributed by atoms with E-state index in [0.717, 1.165) is 25.7 Å². The van der Waals surface area contributed by atoms with Crippen molar-refractivity contribution in [2.45, 2.75) is 103 Å². The van der Waals surface area contributed by atoms with Crippen LogP contribution in [-0.2, 0) is 56.7 Å². The third kappa shape index (κ3) is 9.55. The van der Waals surface area contributed by atoms with E-state index in [0.29, 0.717) is 25.7 Å². The van der Waals surface area contributed by atoms with Gasteiger partial charge in [0.25, 0.3) is 0 Å². The number of hydrogen-bond acceptors (Lipinski definition) is 12. The van der Waals surface area contributed by atoms with Crippen LogP contribution in [0.25, 0.3) is 0 Å². The lowest BCUT2D eigenvalue weighted by Gasteiger charge is -2.16. The predicted octanol–water partition coefficient (Wildman–Crippen LogP) is 1.98. The Morgan fingerprint density at radius 1 is 0.474 bits per heavy atom. The molecule has 0 radical (unpaired) electrons. The molecular formula is C24H40B2O12. The highest BCUT2D eigenvalue weighted by Crippen LogP contribution is 2.28. The summed E-state index contributed by atoms with van der Waals surface area (Å²) in [6.07, 6.45) is -0.0319. The number of esters is 4. The van der Waals surface area contributed by atoms with Crippen molar-refractivity contribution in [3.05, 3.63) is 0 Å². The molecule has 0 amide bonds. The summed E-state index contributed by atoms with van der Waals surface area (Å²) in [6.45, 7) is 8.33. The maximum absolute atomic E-state index is 12.7. The Kier molecular flexibility index (Phi) is 14.7. The first-order chi connectivity index (χ1) is 18.4. The Labute approximate surface area is 224 Å². The molecule has 2 heterocycles. The van der Waals surface area contributed by atoms with Gasteiger partial charge in [0.15, 0.2) is 24.4 Å². The van der Waals surface area contributed by atoms with Crippen LogP contribution >= 0.6 is 0 Å². The molecule has 12 nitrogen and oxygen atoms in total. The van der Waals surface area contributed by atoms with E-state index in [2.05, 4.69) is 0 Å². The van der Waals surface area contributed by atoms with E-state index < -0.39 is 62.3 Å². The van der Waals surface area contributed by atoms with Crippen molar-refractivity contribution in [3.8, 4) is 0 Å². The zero-order valence-electron chi connectivity index (χ0n) is 22.8. The number of carbonyl (C=O) groups is 4. The van der Waals surface area contributed by atoms with Crippen molar-refractivity contribution in [1.29, 1.82) is 0 Å². The molecule has 0 saturated carbocycles. The van der Waals surface area contributed by atoms with Gasteiger partial charge in [-0.25, -0.2) is 19.2 Å². The molecule has 2 rings (SSSR count). The minimum atomic E-state index is -1.44. The predicted molar refractivity (Wildman–Crippen MR) is 134 cm³/mol. The van der Waals surface area contributed by atoms with Gasteiger partial charge in [-0.1, -0.05) is 53.4 Å². The Bertz CT molecular complexity index is 645. The third-order valence-corrected chi connectivity index (χ3v) is 5.79. The number of rotatable bonds is 17. The van der Waals surface area contributed by atoms with Crippen molar-refractivity contribution in [2.75, 3.05) is 26.4 Å². The molecule has 2 aliphatic rings. The quantitative estimate of drug-likeness (QED) is 0.115. The first kappa shape index (κ1) is 32.1. The van der Waals surface area contributed by atoms with E-state index in [9.17, 15) is 19.2 Å². The summed E-state index contributed by atoms with van der Waals surface area (Å²) in [5, 5.41) is 0. The highest BCUT2D eigenvalue weighted by atomic mass is 16.7. The molecule has 214 valence electrons. The summed E-state index contributed by atoms with van der Waals surface area (Å²) >= 11 is 0. The van der Waals surface area contributed by atoms with E-state index in [4.69, 9.17) is 37.6 Å². The van der Waals surface area contributed by atoms with Crippen LogP contribution in [0.1, 0.15) is 79.1 Å². The molecule has 0 aromatic carbocycles. The fourth-order valence-electron chi connectivity index (χ4n) is 3.50. The molecule has 2 aliphatic heterocycles. The smallest absolute Gasteiger partial charge is 0.464 e. The molecule has 38 heavy (non-hydrogen) atoms. The minimum absolute atomic E-state index is 0.144. The van der Waals surface area contributed by atoms with E-state index in [1.807, 2.05) is 27.7 Å². The molecule has 4 atom stereocenters. The second-order valence-corrected chi connectivity index (χ2v) is 9.05. The summed E-state index contributed by atoms with van der Waals surface area (Å²) in [5.74, 6) is -3.21. The zero-order chi connectivity index (χ0) is 27.9. The van der Waals surface area contributed by atoms with Crippen LogP contribution in [0.5, 0.6) is 0 Å². The molecule has 0 N–H and O–H groups in total. The topological polar surface area (TPSA) is 142 Å². The number of hydrogen-bond donors (Lipinski definition) is 0. The highest BCUT2D eigenvalue weighted by molar-refractivity contribution is 7.11. The monoisotopic (exact) mass is 542 g/mol. The van der Waals surface area contributed by atoms with Crippen LogP contribution in [0, 0.1) is 0 Å². The maximum atomic E-state index is 12.7. The minimum Gasteiger partial charge on any atom is -0.464 e. The first-order valence-corrected chi connectivity index (χ1v) is 13.7. The number of unbranched alkanes of at least 4 members (excludes halogenated alkanes) is 4. The van der Waals surface area contributed by atoms with Gasteiger partial charge in [-0.15, -0.1) is 0 Å². The van der Waals surface area contributed by atoms with Gasteiger partial charge in [-0.05, 0) is 25.7 Å². The zero-order valence-corrected chi connectivity index (χ0v) is 22.8. The Hall–Kier alpha value is -2.15. The Morgan fingerprint density at radius 3 is 0.868 bits per heavy atom. The second kappa shape index (κ2) is 17.4. The van der Waals surface area contributed by atoms with Crippen LogP contribution in [-0.4, -0.2) is 88.7 Å². The molecule has 0 aromatic rings. The van der Waals surface area contributed by atoms with Crippen LogP contribution in [0.15, 0.2) is 0 Å². The van der Waals surface area contributed by atoms with Crippen molar-refractivity contribution in [2.24, 2.45) is 0 Å². The van der Waals surface area contributed by atoms with Crippen molar-refractivity contribution < 1.29 is 56.7 Å². The molecule has 14 heteroatoms. The lowest BCUT2D eigenvalue weighted by molar-refractivity contribution is -0.163. The molecule has 0 spiro atoms. The van der Waals surface area contributed by atoms with E-state index in [1.54, 1.807) is 0 Å². The molecule has 0 aliphatic carbocycles. The fraction of sp³-hybridized carbons (Fsp3) is 0.833.